The van der Waals surface area contributed by atoms with E-state index < -0.39 is 5.91 Å². The molecule has 0 bridgehead atoms. The van der Waals surface area contributed by atoms with E-state index in [0.29, 0.717) is 22.2 Å². The van der Waals surface area contributed by atoms with Crippen molar-refractivity contribution in [3.8, 4) is 5.75 Å². The average molecular weight is 448 g/mol. The predicted octanol–water partition coefficient (Wildman–Crippen LogP) is 3.48. The van der Waals surface area contributed by atoms with Crippen molar-refractivity contribution in [1.29, 1.82) is 0 Å². The Kier molecular flexibility index (Phi) is 5.92. The number of rotatable bonds is 3. The number of methoxy groups -OCH3 is 1. The average Bonchev–Trinajstić information content (AvgIpc) is 2.49. The number of anilines is 1. The molecule has 1 aromatic carbocycles. The zero-order valence-electron chi connectivity index (χ0n) is 11.4. The van der Waals surface area contributed by atoms with E-state index in [9.17, 15) is 4.79 Å². The minimum atomic E-state index is -0.414. The van der Waals surface area contributed by atoms with Crippen LogP contribution in [0, 0.1) is 3.57 Å². The third-order valence-corrected chi connectivity index (χ3v) is 3.68. The molecule has 1 amide bonds. The van der Waals surface area contributed by atoms with Gasteiger partial charge in [0.25, 0.3) is 5.91 Å². The van der Waals surface area contributed by atoms with Gasteiger partial charge in [0.05, 0.1) is 12.7 Å². The highest BCUT2D eigenvalue weighted by molar-refractivity contribution is 14.1. The van der Waals surface area contributed by atoms with E-state index in [1.807, 2.05) is 6.07 Å². The van der Waals surface area contributed by atoms with Crippen LogP contribution in [0.15, 0.2) is 36.5 Å². The molecular formula is C14H11ClIN3O2S. The molecule has 0 aliphatic heterocycles. The zero-order chi connectivity index (χ0) is 16.1. The molecule has 2 N–H and O–H groups in total. The van der Waals surface area contributed by atoms with Gasteiger partial charge in [-0.15, -0.1) is 0 Å². The molecule has 0 aliphatic carbocycles. The van der Waals surface area contributed by atoms with Gasteiger partial charge >= 0.3 is 0 Å². The quantitative estimate of drug-likeness (QED) is 0.557. The lowest BCUT2D eigenvalue weighted by molar-refractivity contribution is 0.0975. The van der Waals surface area contributed by atoms with E-state index >= 15 is 0 Å². The fourth-order valence-corrected chi connectivity index (χ4v) is 2.31. The predicted molar refractivity (Wildman–Crippen MR) is 98.6 cm³/mol. The van der Waals surface area contributed by atoms with E-state index in [1.165, 1.54) is 13.2 Å². The fraction of sp³-hybridized carbons (Fsp3) is 0.0714. The number of carbonyl (C=O) groups excluding carboxylic acids is 1. The Morgan fingerprint density at radius 3 is 2.77 bits per heavy atom. The van der Waals surface area contributed by atoms with Gasteiger partial charge in [0.15, 0.2) is 5.11 Å². The summed E-state index contributed by atoms with van der Waals surface area (Å²) in [5, 5.41) is 5.97. The molecule has 5 nitrogen and oxygen atoms in total. The molecule has 0 atom stereocenters. The minimum Gasteiger partial charge on any atom is -0.496 e. The van der Waals surface area contributed by atoms with Crippen LogP contribution in [0.5, 0.6) is 5.75 Å². The third-order valence-electron chi connectivity index (χ3n) is 2.60. The van der Waals surface area contributed by atoms with Gasteiger partial charge in [0.1, 0.15) is 11.6 Å². The lowest BCUT2D eigenvalue weighted by atomic mass is 10.2. The summed E-state index contributed by atoms with van der Waals surface area (Å²) in [6.45, 7) is 0. The normalized spacial score (nSPS) is 9.95. The Morgan fingerprint density at radius 1 is 1.36 bits per heavy atom. The van der Waals surface area contributed by atoms with E-state index in [2.05, 4.69) is 38.2 Å². The van der Waals surface area contributed by atoms with Crippen LogP contribution < -0.4 is 15.4 Å². The van der Waals surface area contributed by atoms with Crippen LogP contribution in [0.1, 0.15) is 10.4 Å². The highest BCUT2D eigenvalue weighted by Gasteiger charge is 2.14. The van der Waals surface area contributed by atoms with Crippen LogP contribution in [0.3, 0.4) is 0 Å². The highest BCUT2D eigenvalue weighted by Crippen LogP contribution is 2.22. The molecule has 2 aromatic rings. The van der Waals surface area contributed by atoms with Crippen LogP contribution in [0.4, 0.5) is 5.82 Å². The van der Waals surface area contributed by atoms with Crippen molar-refractivity contribution in [3.05, 3.63) is 50.7 Å². The van der Waals surface area contributed by atoms with Gasteiger partial charge in [0.2, 0.25) is 0 Å². The van der Waals surface area contributed by atoms with Crippen LogP contribution in [-0.4, -0.2) is 23.1 Å². The lowest BCUT2D eigenvalue weighted by Gasteiger charge is -2.11. The lowest BCUT2D eigenvalue weighted by Crippen LogP contribution is -2.34. The molecule has 22 heavy (non-hydrogen) atoms. The Labute approximate surface area is 151 Å². The number of pyridine rings is 1. The summed E-state index contributed by atoms with van der Waals surface area (Å²) in [6.07, 6.45) is 1.69. The summed E-state index contributed by atoms with van der Waals surface area (Å²) in [6, 6.07) is 8.42. The van der Waals surface area contributed by atoms with Gasteiger partial charge in [-0.25, -0.2) is 4.98 Å². The number of amides is 1. The van der Waals surface area contributed by atoms with Gasteiger partial charge in [-0.1, -0.05) is 11.6 Å². The molecule has 0 unspecified atom stereocenters. The molecule has 114 valence electrons. The number of ether oxygens (including phenoxy) is 1. The van der Waals surface area contributed by atoms with Crippen molar-refractivity contribution in [2.45, 2.75) is 0 Å². The molecular weight excluding hydrogens is 437 g/mol. The Balaban J connectivity index is 2.06. The summed E-state index contributed by atoms with van der Waals surface area (Å²) >= 11 is 13.2. The molecule has 0 saturated heterocycles. The first-order valence-corrected chi connectivity index (χ1v) is 7.93. The summed E-state index contributed by atoms with van der Waals surface area (Å²) < 4.78 is 6.14. The molecule has 8 heteroatoms. The smallest absolute Gasteiger partial charge is 0.261 e. The van der Waals surface area contributed by atoms with Crippen LogP contribution in [0.2, 0.25) is 5.02 Å². The van der Waals surface area contributed by atoms with Gasteiger partial charge in [0, 0.05) is 14.8 Å². The molecule has 1 aromatic heterocycles. The second-order valence-corrected chi connectivity index (χ2v) is 6.20. The maximum Gasteiger partial charge on any atom is 0.261 e. The molecule has 0 saturated carbocycles. The van der Waals surface area contributed by atoms with Crippen molar-refractivity contribution in [3.63, 3.8) is 0 Å². The number of hydrogen-bond acceptors (Lipinski definition) is 4. The second kappa shape index (κ2) is 7.70. The van der Waals surface area contributed by atoms with Crippen molar-refractivity contribution in [2.24, 2.45) is 0 Å². The number of hydrogen-bond donors (Lipinski definition) is 2. The maximum absolute atomic E-state index is 12.2. The van der Waals surface area contributed by atoms with E-state index in [4.69, 9.17) is 28.6 Å². The van der Waals surface area contributed by atoms with Gasteiger partial charge < -0.3 is 10.1 Å². The molecule has 2 rings (SSSR count). The monoisotopic (exact) mass is 447 g/mol. The number of nitrogens with zero attached hydrogens (tertiary/aromatic N) is 1. The van der Waals surface area contributed by atoms with E-state index in [1.54, 1.807) is 24.4 Å². The number of nitrogens with one attached hydrogen (secondary N) is 2. The van der Waals surface area contributed by atoms with E-state index in [-0.39, 0.29) is 5.11 Å². The maximum atomic E-state index is 12.2. The number of carbonyl (C=O) groups is 1. The Hall–Kier alpha value is -1.45. The second-order valence-electron chi connectivity index (χ2n) is 4.11. The number of halogens is 2. The van der Waals surface area contributed by atoms with Gasteiger partial charge in [-0.3, -0.25) is 10.1 Å². The fourth-order valence-electron chi connectivity index (χ4n) is 1.63. The SMILES string of the molecule is COc1ccc(Cl)cc1C(=O)NC(=S)Nc1ccc(I)cn1. The van der Waals surface area contributed by atoms with Crippen molar-refractivity contribution >= 4 is 63.2 Å². The van der Waals surface area contributed by atoms with Gasteiger partial charge in [-0.05, 0) is 65.1 Å². The summed E-state index contributed by atoms with van der Waals surface area (Å²) in [5.41, 5.74) is 0.301. The summed E-state index contributed by atoms with van der Waals surface area (Å²) in [7, 11) is 1.48. The molecule has 0 spiro atoms. The summed E-state index contributed by atoms with van der Waals surface area (Å²) in [5.74, 6) is 0.545. The molecule has 0 fully saturated rings. The highest BCUT2D eigenvalue weighted by atomic mass is 127. The first-order chi connectivity index (χ1) is 10.5. The first kappa shape index (κ1) is 16.9. The summed E-state index contributed by atoms with van der Waals surface area (Å²) in [4.78, 5) is 16.4. The largest absolute Gasteiger partial charge is 0.496 e. The van der Waals surface area contributed by atoms with Crippen molar-refractivity contribution < 1.29 is 9.53 Å². The molecule has 0 aliphatic rings. The Bertz CT molecular complexity index is 710. The molecule has 0 radical (unpaired) electrons. The number of benzene rings is 1. The van der Waals surface area contributed by atoms with Crippen LogP contribution in [0.25, 0.3) is 0 Å². The van der Waals surface area contributed by atoms with Crippen molar-refractivity contribution in [2.75, 3.05) is 12.4 Å². The zero-order valence-corrected chi connectivity index (χ0v) is 15.1. The van der Waals surface area contributed by atoms with Crippen LogP contribution in [-0.2, 0) is 0 Å². The third kappa shape index (κ3) is 4.52. The van der Waals surface area contributed by atoms with E-state index in [0.717, 1.165) is 3.57 Å². The molecule has 1 heterocycles. The van der Waals surface area contributed by atoms with Crippen molar-refractivity contribution in [1.82, 2.24) is 10.3 Å². The topological polar surface area (TPSA) is 63.2 Å². The van der Waals surface area contributed by atoms with Crippen LogP contribution >= 0.6 is 46.4 Å². The Morgan fingerprint density at radius 2 is 2.14 bits per heavy atom. The standard InChI is InChI=1S/C14H11ClIN3O2S/c1-21-11-4-2-8(15)6-10(11)13(20)19-14(22)18-12-5-3-9(16)7-17-12/h2-7H,1H3,(H2,17,18,19,20,22). The first-order valence-electron chi connectivity index (χ1n) is 6.07. The number of thiocarbonyl (C=S) groups is 1. The van der Waals surface area contributed by atoms with Gasteiger partial charge in [-0.2, -0.15) is 0 Å². The number of aromatic nitrogens is 1. The minimum absolute atomic E-state index is 0.140.